The first-order valence-corrected chi connectivity index (χ1v) is 7.88. The van der Waals surface area contributed by atoms with Crippen LogP contribution in [0.5, 0.6) is 5.75 Å². The number of hydrogen-bond donors (Lipinski definition) is 1. The van der Waals surface area contributed by atoms with Crippen molar-refractivity contribution < 1.29 is 9.47 Å². The number of rotatable bonds is 7. The third-order valence-corrected chi connectivity index (χ3v) is 3.78. The van der Waals surface area contributed by atoms with Crippen molar-refractivity contribution >= 4 is 0 Å². The van der Waals surface area contributed by atoms with Gasteiger partial charge < -0.3 is 14.8 Å². The summed E-state index contributed by atoms with van der Waals surface area (Å²) in [7, 11) is 0. The van der Waals surface area contributed by atoms with Crippen molar-refractivity contribution in [2.75, 3.05) is 13.2 Å². The molecule has 2 atom stereocenters. The van der Waals surface area contributed by atoms with Gasteiger partial charge in [0.05, 0.1) is 12.7 Å². The van der Waals surface area contributed by atoms with E-state index in [1.165, 1.54) is 18.4 Å². The fourth-order valence-electron chi connectivity index (χ4n) is 2.76. The number of benzene rings is 1. The molecule has 20 heavy (non-hydrogen) atoms. The molecule has 1 aromatic carbocycles. The van der Waals surface area contributed by atoms with E-state index < -0.39 is 0 Å². The quantitative estimate of drug-likeness (QED) is 0.827. The Morgan fingerprint density at radius 2 is 2.25 bits per heavy atom. The summed E-state index contributed by atoms with van der Waals surface area (Å²) in [5.41, 5.74) is 1.29. The minimum absolute atomic E-state index is 0.445. The number of hydrogen-bond acceptors (Lipinski definition) is 3. The Kier molecular flexibility index (Phi) is 6.34. The van der Waals surface area contributed by atoms with Gasteiger partial charge in [0.15, 0.2) is 0 Å². The molecule has 1 aliphatic heterocycles. The predicted molar refractivity (Wildman–Crippen MR) is 82.1 cm³/mol. The first kappa shape index (κ1) is 15.3. The van der Waals surface area contributed by atoms with Crippen molar-refractivity contribution in [1.82, 2.24) is 5.32 Å². The summed E-state index contributed by atoms with van der Waals surface area (Å²) in [4.78, 5) is 0. The second-order valence-corrected chi connectivity index (χ2v) is 5.46. The average molecular weight is 277 g/mol. The van der Waals surface area contributed by atoms with Crippen molar-refractivity contribution in [2.24, 2.45) is 0 Å². The second kappa shape index (κ2) is 8.28. The minimum atomic E-state index is 0.445. The molecule has 3 nitrogen and oxygen atoms in total. The van der Waals surface area contributed by atoms with Gasteiger partial charge in [0.25, 0.3) is 0 Å². The maximum absolute atomic E-state index is 5.79. The summed E-state index contributed by atoms with van der Waals surface area (Å²) in [6.07, 6.45) is 5.08. The maximum atomic E-state index is 5.79. The maximum Gasteiger partial charge on any atom is 0.119 e. The van der Waals surface area contributed by atoms with Crippen LogP contribution in [0.15, 0.2) is 24.3 Å². The zero-order valence-electron chi connectivity index (χ0n) is 12.7. The molecular formula is C17H27NO2. The molecule has 0 spiro atoms. The highest BCUT2D eigenvalue weighted by Crippen LogP contribution is 2.19. The zero-order chi connectivity index (χ0) is 14.2. The van der Waals surface area contributed by atoms with E-state index in [1.54, 1.807) is 0 Å². The standard InChI is InChI=1S/C17H27NO2/c1-3-6-16-12-15(9-10-20-16)18-13-14-7-5-8-17(11-14)19-4-2/h5,7-8,11,15-16,18H,3-4,6,9-10,12-13H2,1-2H3. The highest BCUT2D eigenvalue weighted by molar-refractivity contribution is 5.28. The molecule has 1 saturated heterocycles. The molecule has 0 amide bonds. The Bertz CT molecular complexity index is 392. The van der Waals surface area contributed by atoms with Crippen molar-refractivity contribution in [3.8, 4) is 5.75 Å². The summed E-state index contributed by atoms with van der Waals surface area (Å²) in [6, 6.07) is 8.93. The van der Waals surface area contributed by atoms with Crippen LogP contribution in [0.3, 0.4) is 0 Å². The molecule has 1 heterocycles. The third kappa shape index (κ3) is 4.80. The molecular weight excluding hydrogens is 250 g/mol. The summed E-state index contributed by atoms with van der Waals surface area (Å²) in [6.45, 7) is 6.75. The number of nitrogens with one attached hydrogen (secondary N) is 1. The van der Waals surface area contributed by atoms with Crippen LogP contribution in [0.25, 0.3) is 0 Å². The van der Waals surface area contributed by atoms with Crippen molar-refractivity contribution in [2.45, 2.75) is 58.2 Å². The van der Waals surface area contributed by atoms with E-state index in [0.29, 0.717) is 12.1 Å². The second-order valence-electron chi connectivity index (χ2n) is 5.46. The summed E-state index contributed by atoms with van der Waals surface area (Å²) in [5, 5.41) is 3.66. The Morgan fingerprint density at radius 1 is 1.35 bits per heavy atom. The van der Waals surface area contributed by atoms with E-state index >= 15 is 0 Å². The largest absolute Gasteiger partial charge is 0.494 e. The summed E-state index contributed by atoms with van der Waals surface area (Å²) < 4.78 is 11.3. The molecule has 0 saturated carbocycles. The van der Waals surface area contributed by atoms with Crippen LogP contribution in [0.2, 0.25) is 0 Å². The van der Waals surface area contributed by atoms with Crippen molar-refractivity contribution in [3.05, 3.63) is 29.8 Å². The Labute approximate surface area is 122 Å². The van der Waals surface area contributed by atoms with Crippen LogP contribution in [-0.4, -0.2) is 25.4 Å². The normalized spacial score (nSPS) is 22.7. The monoisotopic (exact) mass is 277 g/mol. The lowest BCUT2D eigenvalue weighted by molar-refractivity contribution is -0.00343. The van der Waals surface area contributed by atoms with Gasteiger partial charge >= 0.3 is 0 Å². The van der Waals surface area contributed by atoms with E-state index in [9.17, 15) is 0 Å². The molecule has 1 aliphatic rings. The van der Waals surface area contributed by atoms with Crippen LogP contribution in [0, 0.1) is 0 Å². The van der Waals surface area contributed by atoms with E-state index in [-0.39, 0.29) is 0 Å². The van der Waals surface area contributed by atoms with Gasteiger partial charge in [0, 0.05) is 19.2 Å². The third-order valence-electron chi connectivity index (χ3n) is 3.78. The summed E-state index contributed by atoms with van der Waals surface area (Å²) >= 11 is 0. The van der Waals surface area contributed by atoms with Gasteiger partial charge in [0.1, 0.15) is 5.75 Å². The molecule has 112 valence electrons. The Morgan fingerprint density at radius 3 is 3.05 bits per heavy atom. The van der Waals surface area contributed by atoms with Crippen LogP contribution < -0.4 is 10.1 Å². The molecule has 1 aromatic rings. The van der Waals surface area contributed by atoms with Crippen molar-refractivity contribution in [1.29, 1.82) is 0 Å². The average Bonchev–Trinajstić information content (AvgIpc) is 2.47. The topological polar surface area (TPSA) is 30.5 Å². The highest BCUT2D eigenvalue weighted by atomic mass is 16.5. The molecule has 2 unspecified atom stereocenters. The molecule has 0 bridgehead atoms. The van der Waals surface area contributed by atoms with E-state index in [4.69, 9.17) is 9.47 Å². The molecule has 0 aliphatic carbocycles. The Balaban J connectivity index is 1.80. The van der Waals surface area contributed by atoms with Gasteiger partial charge in [-0.05, 0) is 43.9 Å². The Hall–Kier alpha value is -1.06. The van der Waals surface area contributed by atoms with E-state index in [0.717, 1.165) is 38.3 Å². The van der Waals surface area contributed by atoms with E-state index in [1.807, 2.05) is 13.0 Å². The lowest BCUT2D eigenvalue weighted by atomic mass is 10.00. The van der Waals surface area contributed by atoms with Gasteiger partial charge in [-0.3, -0.25) is 0 Å². The van der Waals surface area contributed by atoms with Gasteiger partial charge in [-0.15, -0.1) is 0 Å². The SMILES string of the molecule is CCCC1CC(NCc2cccc(OCC)c2)CCO1. The first-order valence-electron chi connectivity index (χ1n) is 7.88. The van der Waals surface area contributed by atoms with Gasteiger partial charge in [-0.2, -0.15) is 0 Å². The van der Waals surface area contributed by atoms with Gasteiger partial charge in [-0.1, -0.05) is 25.5 Å². The van der Waals surface area contributed by atoms with Crippen LogP contribution in [-0.2, 0) is 11.3 Å². The zero-order valence-corrected chi connectivity index (χ0v) is 12.7. The van der Waals surface area contributed by atoms with Gasteiger partial charge in [-0.25, -0.2) is 0 Å². The molecule has 1 fully saturated rings. The van der Waals surface area contributed by atoms with Crippen LogP contribution in [0.1, 0.15) is 45.1 Å². The summed E-state index contributed by atoms with van der Waals surface area (Å²) in [5.74, 6) is 0.961. The molecule has 0 aromatic heterocycles. The van der Waals surface area contributed by atoms with Crippen molar-refractivity contribution in [3.63, 3.8) is 0 Å². The van der Waals surface area contributed by atoms with Gasteiger partial charge in [0.2, 0.25) is 0 Å². The number of ether oxygens (including phenoxy) is 2. The lowest BCUT2D eigenvalue weighted by Gasteiger charge is -2.30. The van der Waals surface area contributed by atoms with Crippen LogP contribution >= 0.6 is 0 Å². The fourth-order valence-corrected chi connectivity index (χ4v) is 2.76. The molecule has 3 heteroatoms. The molecule has 2 rings (SSSR count). The molecule has 1 N–H and O–H groups in total. The smallest absolute Gasteiger partial charge is 0.119 e. The molecule has 0 radical (unpaired) electrons. The van der Waals surface area contributed by atoms with E-state index in [2.05, 4.69) is 30.4 Å². The highest BCUT2D eigenvalue weighted by Gasteiger charge is 2.21. The van der Waals surface area contributed by atoms with Crippen LogP contribution in [0.4, 0.5) is 0 Å². The first-order chi connectivity index (χ1) is 9.81. The lowest BCUT2D eigenvalue weighted by Crippen LogP contribution is -2.38. The minimum Gasteiger partial charge on any atom is -0.494 e. The predicted octanol–water partition coefficient (Wildman–Crippen LogP) is 3.52. The fraction of sp³-hybridized carbons (Fsp3) is 0.647.